The van der Waals surface area contributed by atoms with Crippen LogP contribution in [0.4, 0.5) is 0 Å². The zero-order valence-corrected chi connectivity index (χ0v) is 13.2. The molecule has 19 heavy (non-hydrogen) atoms. The third kappa shape index (κ3) is 4.32. The summed E-state index contributed by atoms with van der Waals surface area (Å²) in [5.41, 5.74) is 0.394. The molecule has 0 saturated heterocycles. The zero-order valence-electron chi connectivity index (χ0n) is 12.4. The van der Waals surface area contributed by atoms with Crippen LogP contribution in [0.5, 0.6) is 0 Å². The van der Waals surface area contributed by atoms with Crippen LogP contribution in [0.1, 0.15) is 52.9 Å². The molecule has 0 bridgehead atoms. The van der Waals surface area contributed by atoms with Crippen molar-refractivity contribution in [2.75, 3.05) is 5.75 Å². The predicted octanol–water partition coefficient (Wildman–Crippen LogP) is 2.88. The molecule has 0 aromatic heterocycles. The molecule has 2 rings (SSSR count). The van der Waals surface area contributed by atoms with Crippen LogP contribution in [0.15, 0.2) is 11.5 Å². The van der Waals surface area contributed by atoms with Gasteiger partial charge in [-0.25, -0.2) is 8.42 Å². The molecule has 1 heterocycles. The van der Waals surface area contributed by atoms with E-state index in [2.05, 4.69) is 26.1 Å². The maximum absolute atomic E-state index is 11.4. The van der Waals surface area contributed by atoms with Crippen LogP contribution in [-0.2, 0) is 9.84 Å². The number of hydrogen-bond acceptors (Lipinski definition) is 3. The normalized spacial score (nSPS) is 35.2. The monoisotopic (exact) mass is 285 g/mol. The Kier molecular flexibility index (Phi) is 4.41. The summed E-state index contributed by atoms with van der Waals surface area (Å²) >= 11 is 0. The second-order valence-electron chi connectivity index (χ2n) is 7.20. The van der Waals surface area contributed by atoms with Gasteiger partial charge in [-0.3, -0.25) is 0 Å². The molecule has 1 aliphatic heterocycles. The van der Waals surface area contributed by atoms with Gasteiger partial charge >= 0.3 is 0 Å². The first kappa shape index (κ1) is 15.0. The van der Waals surface area contributed by atoms with Crippen molar-refractivity contribution >= 4 is 9.84 Å². The number of nitrogens with one attached hydrogen (secondary N) is 1. The van der Waals surface area contributed by atoms with E-state index in [1.165, 1.54) is 37.5 Å². The molecule has 1 saturated carbocycles. The van der Waals surface area contributed by atoms with E-state index < -0.39 is 9.84 Å². The van der Waals surface area contributed by atoms with E-state index in [0.717, 1.165) is 5.92 Å². The quantitative estimate of drug-likeness (QED) is 0.794. The van der Waals surface area contributed by atoms with Crippen molar-refractivity contribution in [2.24, 2.45) is 11.3 Å². The van der Waals surface area contributed by atoms with Crippen molar-refractivity contribution in [1.82, 2.24) is 5.32 Å². The van der Waals surface area contributed by atoms with Crippen LogP contribution in [0.2, 0.25) is 0 Å². The van der Waals surface area contributed by atoms with Crippen molar-refractivity contribution in [2.45, 2.75) is 65.0 Å². The van der Waals surface area contributed by atoms with Gasteiger partial charge in [0.1, 0.15) is 0 Å². The highest BCUT2D eigenvalue weighted by Gasteiger charge is 2.29. The summed E-state index contributed by atoms with van der Waals surface area (Å²) in [6.07, 6.45) is 7.97. The average Bonchev–Trinajstić information content (AvgIpc) is 2.50. The van der Waals surface area contributed by atoms with Gasteiger partial charge in [0, 0.05) is 17.5 Å². The summed E-state index contributed by atoms with van der Waals surface area (Å²) in [5.74, 6) is 1.04. The summed E-state index contributed by atoms with van der Waals surface area (Å²) in [6.45, 7) is 6.99. The van der Waals surface area contributed by atoms with E-state index in [9.17, 15) is 8.42 Å². The Morgan fingerprint density at radius 2 is 1.84 bits per heavy atom. The van der Waals surface area contributed by atoms with E-state index >= 15 is 0 Å². The minimum atomic E-state index is -2.93. The van der Waals surface area contributed by atoms with Crippen LogP contribution in [0.25, 0.3) is 0 Å². The average molecular weight is 285 g/mol. The third-order valence-corrected chi connectivity index (χ3v) is 5.97. The first-order chi connectivity index (χ1) is 8.76. The molecule has 0 aromatic carbocycles. The fraction of sp³-hybridized carbons (Fsp3) is 0.867. The molecule has 1 fully saturated rings. The maximum atomic E-state index is 11.4. The lowest BCUT2D eigenvalue weighted by atomic mass is 9.76. The number of hydrogen-bond donors (Lipinski definition) is 1. The van der Waals surface area contributed by atoms with Gasteiger partial charge in [0.05, 0.1) is 5.75 Å². The molecule has 3 atom stereocenters. The number of sulfone groups is 1. The molecule has 0 aromatic rings. The van der Waals surface area contributed by atoms with E-state index in [4.69, 9.17) is 0 Å². The Balaban J connectivity index is 1.86. The summed E-state index contributed by atoms with van der Waals surface area (Å²) in [6, 6.07) is 0.511. The highest BCUT2D eigenvalue weighted by molar-refractivity contribution is 7.94. The Morgan fingerprint density at radius 3 is 2.42 bits per heavy atom. The molecule has 0 radical (unpaired) electrons. The Hall–Kier alpha value is -0.350. The summed E-state index contributed by atoms with van der Waals surface area (Å²) in [4.78, 5) is 0. The van der Waals surface area contributed by atoms with Crippen LogP contribution in [0.3, 0.4) is 0 Å². The Labute approximate surface area is 117 Å². The molecule has 3 unspecified atom stereocenters. The lowest BCUT2D eigenvalue weighted by Crippen LogP contribution is -2.38. The first-order valence-corrected chi connectivity index (χ1v) is 9.15. The first-order valence-electron chi connectivity index (χ1n) is 7.43. The van der Waals surface area contributed by atoms with Gasteiger partial charge in [0.25, 0.3) is 0 Å². The van der Waals surface area contributed by atoms with Crippen LogP contribution in [-0.4, -0.2) is 26.3 Å². The third-order valence-electron chi connectivity index (χ3n) is 4.57. The van der Waals surface area contributed by atoms with Crippen molar-refractivity contribution in [1.29, 1.82) is 0 Å². The van der Waals surface area contributed by atoms with E-state index in [-0.39, 0.29) is 11.8 Å². The molecule has 0 spiro atoms. The molecule has 1 N–H and O–H groups in total. The molecule has 2 aliphatic rings. The van der Waals surface area contributed by atoms with Crippen LogP contribution in [0, 0.1) is 11.3 Å². The SMILES string of the molecule is CC(C)(C)C1CCCC(NC2C=CS(=O)(=O)C2)CC1. The molecule has 110 valence electrons. The van der Waals surface area contributed by atoms with Gasteiger partial charge in [-0.15, -0.1) is 0 Å². The van der Waals surface area contributed by atoms with Crippen molar-refractivity contribution in [3.8, 4) is 0 Å². The van der Waals surface area contributed by atoms with Gasteiger partial charge in [0.2, 0.25) is 0 Å². The highest BCUT2D eigenvalue weighted by Crippen LogP contribution is 2.36. The fourth-order valence-electron chi connectivity index (χ4n) is 3.32. The van der Waals surface area contributed by atoms with Crippen molar-refractivity contribution in [3.63, 3.8) is 0 Å². The molecule has 0 amide bonds. The molecular formula is C15H27NO2S. The van der Waals surface area contributed by atoms with E-state index in [1.807, 2.05) is 6.08 Å². The topological polar surface area (TPSA) is 46.2 Å². The maximum Gasteiger partial charge on any atom is 0.173 e. The summed E-state index contributed by atoms with van der Waals surface area (Å²) in [5, 5.41) is 4.88. The lowest BCUT2D eigenvalue weighted by molar-refractivity contribution is 0.213. The van der Waals surface area contributed by atoms with Gasteiger partial charge in [-0.2, -0.15) is 0 Å². The van der Waals surface area contributed by atoms with Gasteiger partial charge in [0.15, 0.2) is 9.84 Å². The zero-order chi connectivity index (χ0) is 14.1. The molecular weight excluding hydrogens is 258 g/mol. The standard InChI is InChI=1S/C15H27NO2S/c1-15(2,3)12-5-4-6-13(8-7-12)16-14-9-10-19(17,18)11-14/h9-10,12-14,16H,4-8,11H2,1-3H3. The summed E-state index contributed by atoms with van der Waals surface area (Å²) < 4.78 is 22.8. The van der Waals surface area contributed by atoms with Gasteiger partial charge in [-0.05, 0) is 37.0 Å². The fourth-order valence-corrected chi connectivity index (χ4v) is 4.56. The van der Waals surface area contributed by atoms with Crippen molar-refractivity contribution in [3.05, 3.63) is 11.5 Å². The van der Waals surface area contributed by atoms with Gasteiger partial charge < -0.3 is 5.32 Å². The largest absolute Gasteiger partial charge is 0.307 e. The minimum Gasteiger partial charge on any atom is -0.307 e. The van der Waals surface area contributed by atoms with Crippen molar-refractivity contribution < 1.29 is 8.42 Å². The second kappa shape index (κ2) is 5.57. The molecule has 4 heteroatoms. The van der Waals surface area contributed by atoms with E-state index in [0.29, 0.717) is 11.5 Å². The lowest BCUT2D eigenvalue weighted by Gasteiger charge is -2.29. The highest BCUT2D eigenvalue weighted by atomic mass is 32.2. The molecule has 3 nitrogen and oxygen atoms in total. The smallest absolute Gasteiger partial charge is 0.173 e. The summed E-state index contributed by atoms with van der Waals surface area (Å²) in [7, 11) is -2.93. The second-order valence-corrected chi connectivity index (χ2v) is 9.13. The van der Waals surface area contributed by atoms with Gasteiger partial charge in [-0.1, -0.05) is 33.3 Å². The van der Waals surface area contributed by atoms with E-state index in [1.54, 1.807) is 0 Å². The Morgan fingerprint density at radius 1 is 1.11 bits per heavy atom. The molecule has 1 aliphatic carbocycles. The van der Waals surface area contributed by atoms with Crippen LogP contribution < -0.4 is 5.32 Å². The Bertz CT molecular complexity index is 434. The van der Waals surface area contributed by atoms with Crippen LogP contribution >= 0.6 is 0 Å². The number of rotatable bonds is 2. The minimum absolute atomic E-state index is 0.0289. The predicted molar refractivity (Wildman–Crippen MR) is 79.7 cm³/mol.